The normalized spacial score (nSPS) is 11.0. The molecule has 2 aromatic heterocycles. The van der Waals surface area contributed by atoms with Gasteiger partial charge in [0.2, 0.25) is 5.78 Å². The molecule has 4 aromatic rings. The quantitative estimate of drug-likeness (QED) is 0.308. The molecule has 0 radical (unpaired) electrons. The average Bonchev–Trinajstić information content (AvgIpc) is 2.82. The second-order valence-electron chi connectivity index (χ2n) is 7.36. The zero-order valence-electron chi connectivity index (χ0n) is 18.8. The second kappa shape index (κ2) is 8.82. The van der Waals surface area contributed by atoms with E-state index in [1.807, 2.05) is 19.9 Å². The number of ether oxygens (including phenoxy) is 2. The van der Waals surface area contributed by atoms with Crippen molar-refractivity contribution in [2.75, 3.05) is 32.2 Å². The van der Waals surface area contributed by atoms with Gasteiger partial charge in [0.15, 0.2) is 0 Å². The Hall–Kier alpha value is -4.07. The Morgan fingerprint density at radius 2 is 1.52 bits per heavy atom. The van der Waals surface area contributed by atoms with Crippen molar-refractivity contribution in [3.05, 3.63) is 74.4 Å². The van der Waals surface area contributed by atoms with E-state index in [1.54, 1.807) is 24.3 Å². The summed E-state index contributed by atoms with van der Waals surface area (Å²) in [5.41, 5.74) is -0.862. The molecule has 170 valence electrons. The molecule has 0 bridgehead atoms. The van der Waals surface area contributed by atoms with Gasteiger partial charge in [0.25, 0.3) is 0 Å². The van der Waals surface area contributed by atoms with Crippen LogP contribution in [0.4, 0.5) is 5.69 Å². The standard InChI is InChI=1S/C25H23NO7/c1-5-26(6-2)15-10-21(31-4)17-13-19(25(29)33-22(17)11-15)23(27)18-9-14-7-8-16(30-3)12-20(14)32-24(18)28/h7-13H,5-6H2,1-4H3. The van der Waals surface area contributed by atoms with Gasteiger partial charge in [-0.15, -0.1) is 0 Å². The van der Waals surface area contributed by atoms with E-state index in [1.165, 1.54) is 26.4 Å². The number of carbonyl (C=O) groups excluding carboxylic acids is 1. The number of fused-ring (bicyclic) bond motifs is 2. The van der Waals surface area contributed by atoms with Gasteiger partial charge in [-0.3, -0.25) is 4.79 Å². The van der Waals surface area contributed by atoms with Gasteiger partial charge in [-0.25, -0.2) is 9.59 Å². The molecule has 0 spiro atoms. The highest BCUT2D eigenvalue weighted by molar-refractivity contribution is 6.11. The van der Waals surface area contributed by atoms with Crippen molar-refractivity contribution < 1.29 is 23.1 Å². The van der Waals surface area contributed by atoms with Crippen LogP contribution in [-0.2, 0) is 0 Å². The van der Waals surface area contributed by atoms with Crippen LogP contribution in [0, 0.1) is 0 Å². The fourth-order valence-electron chi connectivity index (χ4n) is 3.79. The minimum Gasteiger partial charge on any atom is -0.497 e. The SMILES string of the molecule is CCN(CC)c1cc(OC)c2cc(C(=O)c3cc4ccc(OC)cc4oc3=O)c(=O)oc2c1. The number of ketones is 1. The van der Waals surface area contributed by atoms with Gasteiger partial charge in [-0.05, 0) is 38.1 Å². The van der Waals surface area contributed by atoms with Crippen LogP contribution in [0.3, 0.4) is 0 Å². The Balaban J connectivity index is 1.86. The summed E-state index contributed by atoms with van der Waals surface area (Å²) in [6.45, 7) is 5.55. The van der Waals surface area contributed by atoms with E-state index >= 15 is 0 Å². The fourth-order valence-corrected chi connectivity index (χ4v) is 3.79. The number of nitrogens with zero attached hydrogens (tertiary/aromatic N) is 1. The highest BCUT2D eigenvalue weighted by Gasteiger charge is 2.22. The monoisotopic (exact) mass is 449 g/mol. The van der Waals surface area contributed by atoms with E-state index in [2.05, 4.69) is 4.90 Å². The number of anilines is 1. The summed E-state index contributed by atoms with van der Waals surface area (Å²) in [6, 6.07) is 11.2. The maximum absolute atomic E-state index is 13.2. The molecule has 2 aromatic carbocycles. The third-order valence-corrected chi connectivity index (χ3v) is 5.58. The van der Waals surface area contributed by atoms with Crippen LogP contribution in [0.25, 0.3) is 21.9 Å². The highest BCUT2D eigenvalue weighted by atomic mass is 16.5. The molecule has 0 N–H and O–H groups in total. The predicted octanol–water partition coefficient (Wildman–Crippen LogP) is 3.99. The van der Waals surface area contributed by atoms with Crippen molar-refractivity contribution in [1.29, 1.82) is 0 Å². The minimum absolute atomic E-state index is 0.266. The molecule has 0 saturated heterocycles. The smallest absolute Gasteiger partial charge is 0.347 e. The largest absolute Gasteiger partial charge is 0.497 e. The summed E-state index contributed by atoms with van der Waals surface area (Å²) in [5.74, 6) is 0.174. The van der Waals surface area contributed by atoms with E-state index in [4.69, 9.17) is 18.3 Å². The molecule has 2 heterocycles. The summed E-state index contributed by atoms with van der Waals surface area (Å²) < 4.78 is 21.4. The van der Waals surface area contributed by atoms with Crippen molar-refractivity contribution in [1.82, 2.24) is 0 Å². The van der Waals surface area contributed by atoms with Crippen LogP contribution in [0.1, 0.15) is 29.8 Å². The third kappa shape index (κ3) is 3.95. The van der Waals surface area contributed by atoms with Crippen LogP contribution in [0.15, 0.2) is 60.9 Å². The topological polar surface area (TPSA) is 99.2 Å². The molecule has 0 aliphatic heterocycles. The highest BCUT2D eigenvalue weighted by Crippen LogP contribution is 2.32. The van der Waals surface area contributed by atoms with Crippen molar-refractivity contribution in [3.63, 3.8) is 0 Å². The summed E-state index contributed by atoms with van der Waals surface area (Å²) in [6.07, 6.45) is 0. The molecule has 33 heavy (non-hydrogen) atoms. The molecule has 0 unspecified atom stereocenters. The summed E-state index contributed by atoms with van der Waals surface area (Å²) in [7, 11) is 3.00. The number of methoxy groups -OCH3 is 2. The van der Waals surface area contributed by atoms with Crippen LogP contribution in [-0.4, -0.2) is 33.1 Å². The summed E-state index contributed by atoms with van der Waals surface area (Å²) >= 11 is 0. The zero-order valence-corrected chi connectivity index (χ0v) is 18.8. The Kier molecular flexibility index (Phi) is 5.91. The minimum atomic E-state index is -0.857. The number of hydrogen-bond acceptors (Lipinski definition) is 8. The van der Waals surface area contributed by atoms with E-state index in [0.29, 0.717) is 22.3 Å². The molecule has 0 aliphatic rings. The van der Waals surface area contributed by atoms with E-state index in [9.17, 15) is 14.4 Å². The van der Waals surface area contributed by atoms with Gasteiger partial charge >= 0.3 is 11.3 Å². The van der Waals surface area contributed by atoms with E-state index in [-0.39, 0.29) is 22.3 Å². The lowest BCUT2D eigenvalue weighted by Gasteiger charge is -2.22. The van der Waals surface area contributed by atoms with Crippen molar-refractivity contribution in [2.45, 2.75) is 13.8 Å². The lowest BCUT2D eigenvalue weighted by molar-refractivity contribution is 0.103. The first-order chi connectivity index (χ1) is 15.9. The van der Waals surface area contributed by atoms with Crippen molar-refractivity contribution in [2.24, 2.45) is 0 Å². The summed E-state index contributed by atoms with van der Waals surface area (Å²) in [4.78, 5) is 40.5. The number of benzene rings is 2. The Bertz CT molecular complexity index is 1480. The number of rotatable bonds is 7. The predicted molar refractivity (Wildman–Crippen MR) is 125 cm³/mol. The molecule has 4 rings (SSSR count). The molecule has 0 aliphatic carbocycles. The fraction of sp³-hybridized carbons (Fsp3) is 0.240. The van der Waals surface area contributed by atoms with Crippen LogP contribution >= 0.6 is 0 Å². The molecular formula is C25H23NO7. The van der Waals surface area contributed by atoms with Gasteiger partial charge in [0.1, 0.15) is 33.8 Å². The first kappa shape index (κ1) is 22.1. The van der Waals surface area contributed by atoms with Crippen LogP contribution < -0.4 is 25.6 Å². The first-order valence-electron chi connectivity index (χ1n) is 10.5. The van der Waals surface area contributed by atoms with Gasteiger partial charge in [0.05, 0.1) is 19.6 Å². The maximum Gasteiger partial charge on any atom is 0.347 e. The molecule has 0 amide bonds. The molecule has 8 nitrogen and oxygen atoms in total. The van der Waals surface area contributed by atoms with Crippen LogP contribution in [0.2, 0.25) is 0 Å². The Labute approximate surface area is 188 Å². The lowest BCUT2D eigenvalue weighted by Crippen LogP contribution is -2.22. The number of hydrogen-bond donors (Lipinski definition) is 0. The van der Waals surface area contributed by atoms with Crippen LogP contribution in [0.5, 0.6) is 11.5 Å². The summed E-state index contributed by atoms with van der Waals surface area (Å²) in [5, 5.41) is 0.969. The molecular weight excluding hydrogens is 426 g/mol. The Morgan fingerprint density at radius 3 is 2.15 bits per heavy atom. The number of carbonyl (C=O) groups is 1. The molecule has 0 fully saturated rings. The molecule has 0 saturated carbocycles. The van der Waals surface area contributed by atoms with Gasteiger partial charge in [-0.1, -0.05) is 0 Å². The molecule has 0 atom stereocenters. The van der Waals surface area contributed by atoms with E-state index < -0.39 is 17.0 Å². The first-order valence-corrected chi connectivity index (χ1v) is 10.5. The van der Waals surface area contributed by atoms with Gasteiger partial charge in [-0.2, -0.15) is 0 Å². The molecule has 8 heteroatoms. The van der Waals surface area contributed by atoms with Gasteiger partial charge < -0.3 is 23.2 Å². The van der Waals surface area contributed by atoms with E-state index in [0.717, 1.165) is 18.8 Å². The average molecular weight is 449 g/mol. The van der Waals surface area contributed by atoms with Crippen molar-refractivity contribution in [3.8, 4) is 11.5 Å². The van der Waals surface area contributed by atoms with Gasteiger partial charge in [0, 0.05) is 42.4 Å². The van der Waals surface area contributed by atoms with Crippen molar-refractivity contribution >= 4 is 33.4 Å². The lowest BCUT2D eigenvalue weighted by atomic mass is 10.0. The zero-order chi connectivity index (χ0) is 23.7. The third-order valence-electron chi connectivity index (χ3n) is 5.58. The Morgan fingerprint density at radius 1 is 0.848 bits per heavy atom. The maximum atomic E-state index is 13.2. The second-order valence-corrected chi connectivity index (χ2v) is 7.36.